The van der Waals surface area contributed by atoms with Crippen molar-refractivity contribution in [2.45, 2.75) is 4.90 Å². The zero-order valence-electron chi connectivity index (χ0n) is 8.36. The lowest BCUT2D eigenvalue weighted by molar-refractivity contribution is 0.103. The van der Waals surface area contributed by atoms with Gasteiger partial charge >= 0.3 is 0 Å². The van der Waals surface area contributed by atoms with E-state index in [1.807, 2.05) is 30.5 Å². The van der Waals surface area contributed by atoms with Gasteiger partial charge in [-0.2, -0.15) is 0 Å². The number of nitrogens with one attached hydrogen (secondary N) is 1. The lowest BCUT2D eigenvalue weighted by atomic mass is 10.1. The van der Waals surface area contributed by atoms with Crippen LogP contribution in [0.1, 0.15) is 15.9 Å². The van der Waals surface area contributed by atoms with Gasteiger partial charge in [0, 0.05) is 28.4 Å². The van der Waals surface area contributed by atoms with Gasteiger partial charge in [0.25, 0.3) is 0 Å². The average Bonchev–Trinajstić information content (AvgIpc) is 2.82. The smallest absolute Gasteiger partial charge is 0.194 e. The second-order valence-electron chi connectivity index (χ2n) is 3.16. The molecule has 0 saturated heterocycles. The Morgan fingerprint density at radius 2 is 1.87 bits per heavy atom. The molecule has 0 unspecified atom stereocenters. The molecule has 0 bridgehead atoms. The number of thioether (sulfide) groups is 1. The first kappa shape index (κ1) is 10.1. The predicted octanol–water partition coefficient (Wildman–Crippen LogP) is 2.97. The predicted molar refractivity (Wildman–Crippen MR) is 62.4 cm³/mol. The summed E-state index contributed by atoms with van der Waals surface area (Å²) in [7, 11) is 0. The van der Waals surface area contributed by atoms with Crippen molar-refractivity contribution in [1.29, 1.82) is 0 Å². The lowest BCUT2D eigenvalue weighted by Crippen LogP contribution is -1.98. The minimum atomic E-state index is 0.0592. The van der Waals surface area contributed by atoms with Crippen LogP contribution in [0, 0.1) is 0 Å². The van der Waals surface area contributed by atoms with Crippen LogP contribution in [0.3, 0.4) is 0 Å². The summed E-state index contributed by atoms with van der Waals surface area (Å²) in [4.78, 5) is 15.9. The molecule has 0 saturated carbocycles. The summed E-state index contributed by atoms with van der Waals surface area (Å²) in [5.41, 5.74) is 1.43. The zero-order chi connectivity index (χ0) is 10.7. The van der Waals surface area contributed by atoms with E-state index in [-0.39, 0.29) is 5.78 Å². The SMILES string of the molecule is CSc1ccc(C(=O)c2cc[nH]c2)cc1. The fourth-order valence-electron chi connectivity index (χ4n) is 1.37. The van der Waals surface area contributed by atoms with Crippen molar-refractivity contribution in [2.24, 2.45) is 0 Å². The van der Waals surface area contributed by atoms with Gasteiger partial charge in [0.2, 0.25) is 0 Å². The fraction of sp³-hybridized carbons (Fsp3) is 0.0833. The van der Waals surface area contributed by atoms with Crippen LogP contribution in [0.5, 0.6) is 0 Å². The number of H-pyrrole nitrogens is 1. The van der Waals surface area contributed by atoms with Gasteiger partial charge in [-0.15, -0.1) is 11.8 Å². The Balaban J connectivity index is 2.27. The molecule has 0 spiro atoms. The monoisotopic (exact) mass is 217 g/mol. The number of carbonyl (C=O) groups excluding carboxylic acids is 1. The van der Waals surface area contributed by atoms with E-state index in [9.17, 15) is 4.79 Å². The van der Waals surface area contributed by atoms with Crippen molar-refractivity contribution >= 4 is 17.5 Å². The fourth-order valence-corrected chi connectivity index (χ4v) is 1.78. The molecule has 1 N–H and O–H groups in total. The molecule has 1 aromatic carbocycles. The van der Waals surface area contributed by atoms with Gasteiger partial charge in [-0.25, -0.2) is 0 Å². The molecule has 2 aromatic rings. The summed E-state index contributed by atoms with van der Waals surface area (Å²) < 4.78 is 0. The molecule has 1 heterocycles. The largest absolute Gasteiger partial charge is 0.367 e. The van der Waals surface area contributed by atoms with Gasteiger partial charge in [-0.05, 0) is 36.6 Å². The Morgan fingerprint density at radius 3 is 2.40 bits per heavy atom. The van der Waals surface area contributed by atoms with Crippen molar-refractivity contribution in [3.63, 3.8) is 0 Å². The van der Waals surface area contributed by atoms with Gasteiger partial charge in [0.15, 0.2) is 5.78 Å². The maximum absolute atomic E-state index is 11.9. The molecule has 1 aromatic heterocycles. The van der Waals surface area contributed by atoms with E-state index in [2.05, 4.69) is 4.98 Å². The van der Waals surface area contributed by atoms with Crippen LogP contribution in [0.15, 0.2) is 47.6 Å². The number of hydrogen-bond donors (Lipinski definition) is 1. The summed E-state index contributed by atoms with van der Waals surface area (Å²) in [5.74, 6) is 0.0592. The average molecular weight is 217 g/mol. The normalized spacial score (nSPS) is 10.2. The van der Waals surface area contributed by atoms with Gasteiger partial charge in [0.05, 0.1) is 0 Å². The minimum Gasteiger partial charge on any atom is -0.367 e. The van der Waals surface area contributed by atoms with Crippen molar-refractivity contribution < 1.29 is 4.79 Å². The Labute approximate surface area is 92.7 Å². The summed E-state index contributed by atoms with van der Waals surface area (Å²) in [6.07, 6.45) is 5.48. The Hall–Kier alpha value is -1.48. The molecule has 2 nitrogen and oxygen atoms in total. The molecule has 0 atom stereocenters. The lowest BCUT2D eigenvalue weighted by Gasteiger charge is -1.99. The van der Waals surface area contributed by atoms with Crippen molar-refractivity contribution in [2.75, 3.05) is 6.26 Å². The van der Waals surface area contributed by atoms with Gasteiger partial charge in [-0.3, -0.25) is 4.79 Å². The van der Waals surface area contributed by atoms with Crippen LogP contribution >= 0.6 is 11.8 Å². The molecule has 76 valence electrons. The number of rotatable bonds is 3. The quantitative estimate of drug-likeness (QED) is 0.633. The first-order valence-corrected chi connectivity index (χ1v) is 5.85. The van der Waals surface area contributed by atoms with Crippen LogP contribution in [-0.4, -0.2) is 17.0 Å². The van der Waals surface area contributed by atoms with Crippen LogP contribution in [-0.2, 0) is 0 Å². The maximum Gasteiger partial charge on any atom is 0.194 e. The van der Waals surface area contributed by atoms with E-state index in [0.717, 1.165) is 5.56 Å². The van der Waals surface area contributed by atoms with Crippen LogP contribution in [0.4, 0.5) is 0 Å². The standard InChI is InChI=1S/C12H11NOS/c1-15-11-4-2-9(3-5-11)12(14)10-6-7-13-8-10/h2-8,13H,1H3. The molecule has 0 aliphatic heterocycles. The number of aromatic nitrogens is 1. The Bertz CT molecular complexity index is 445. The maximum atomic E-state index is 11.9. The second-order valence-corrected chi connectivity index (χ2v) is 4.04. The van der Waals surface area contributed by atoms with Gasteiger partial charge in [0.1, 0.15) is 0 Å². The first-order chi connectivity index (χ1) is 7.31. The topological polar surface area (TPSA) is 32.9 Å². The number of carbonyl (C=O) groups is 1. The highest BCUT2D eigenvalue weighted by Crippen LogP contribution is 2.16. The number of hydrogen-bond acceptors (Lipinski definition) is 2. The van der Waals surface area contributed by atoms with E-state index >= 15 is 0 Å². The van der Waals surface area contributed by atoms with Crippen LogP contribution < -0.4 is 0 Å². The third-order valence-corrected chi connectivity index (χ3v) is 2.96. The number of benzene rings is 1. The van der Waals surface area contributed by atoms with Gasteiger partial charge < -0.3 is 4.98 Å². The van der Waals surface area contributed by atoms with Gasteiger partial charge in [-0.1, -0.05) is 0 Å². The zero-order valence-corrected chi connectivity index (χ0v) is 9.17. The van der Waals surface area contributed by atoms with E-state index in [1.165, 1.54) is 4.90 Å². The van der Waals surface area contributed by atoms with E-state index < -0.39 is 0 Å². The highest BCUT2D eigenvalue weighted by atomic mass is 32.2. The molecule has 0 aliphatic carbocycles. The van der Waals surface area contributed by atoms with Crippen molar-refractivity contribution in [1.82, 2.24) is 4.98 Å². The first-order valence-electron chi connectivity index (χ1n) is 4.63. The van der Waals surface area contributed by atoms with Crippen LogP contribution in [0.25, 0.3) is 0 Å². The molecular weight excluding hydrogens is 206 g/mol. The van der Waals surface area contributed by atoms with Crippen LogP contribution in [0.2, 0.25) is 0 Å². The molecule has 0 fully saturated rings. The third kappa shape index (κ3) is 2.13. The summed E-state index contributed by atoms with van der Waals surface area (Å²) in [6, 6.07) is 9.43. The molecule has 2 rings (SSSR count). The summed E-state index contributed by atoms with van der Waals surface area (Å²) >= 11 is 1.67. The highest BCUT2D eigenvalue weighted by molar-refractivity contribution is 7.98. The van der Waals surface area contributed by atoms with Crippen molar-refractivity contribution in [3.05, 3.63) is 53.9 Å². The summed E-state index contributed by atoms with van der Waals surface area (Å²) in [5, 5.41) is 0. The molecule has 0 radical (unpaired) electrons. The van der Waals surface area contributed by atoms with E-state index in [0.29, 0.717) is 5.56 Å². The highest BCUT2D eigenvalue weighted by Gasteiger charge is 2.08. The minimum absolute atomic E-state index is 0.0592. The Kier molecular flexibility index (Phi) is 2.92. The summed E-state index contributed by atoms with van der Waals surface area (Å²) in [6.45, 7) is 0. The Morgan fingerprint density at radius 1 is 1.13 bits per heavy atom. The van der Waals surface area contributed by atoms with E-state index in [1.54, 1.807) is 30.2 Å². The molecular formula is C12H11NOS. The molecule has 15 heavy (non-hydrogen) atoms. The molecule has 0 aliphatic rings. The third-order valence-electron chi connectivity index (χ3n) is 2.21. The molecule has 0 amide bonds. The van der Waals surface area contributed by atoms with Crippen molar-refractivity contribution in [3.8, 4) is 0 Å². The number of aromatic amines is 1. The van der Waals surface area contributed by atoms with E-state index in [4.69, 9.17) is 0 Å². The number of ketones is 1. The molecule has 3 heteroatoms. The second kappa shape index (κ2) is 4.36.